The predicted molar refractivity (Wildman–Crippen MR) is 64.6 cm³/mol. The fraction of sp³-hybridized carbons (Fsp3) is 0.917. The van der Waals surface area contributed by atoms with Crippen LogP contribution in [0.5, 0.6) is 0 Å². The molecule has 1 saturated heterocycles. The van der Waals surface area contributed by atoms with Crippen molar-refractivity contribution in [3.63, 3.8) is 0 Å². The maximum atomic E-state index is 10.4. The summed E-state index contributed by atoms with van der Waals surface area (Å²) in [6.07, 6.45) is 6.51. The van der Waals surface area contributed by atoms with Crippen molar-refractivity contribution in [1.82, 2.24) is 10.6 Å². The van der Waals surface area contributed by atoms with Crippen LogP contribution in [0, 0.1) is 0 Å². The van der Waals surface area contributed by atoms with Gasteiger partial charge in [0.05, 0.1) is 6.42 Å². The fourth-order valence-electron chi connectivity index (χ4n) is 2.24. The maximum Gasteiger partial charge on any atom is 0.304 e. The first-order valence-corrected chi connectivity index (χ1v) is 6.37. The summed E-state index contributed by atoms with van der Waals surface area (Å²) < 4.78 is 0. The average molecular weight is 228 g/mol. The number of hydrogen-bond acceptors (Lipinski definition) is 3. The number of nitrogens with one attached hydrogen (secondary N) is 2. The second-order valence-electron chi connectivity index (χ2n) is 4.73. The molecule has 4 heteroatoms. The first-order chi connectivity index (χ1) is 7.68. The third kappa shape index (κ3) is 6.08. The van der Waals surface area contributed by atoms with E-state index in [4.69, 9.17) is 5.11 Å². The van der Waals surface area contributed by atoms with Crippen molar-refractivity contribution in [2.24, 2.45) is 0 Å². The van der Waals surface area contributed by atoms with Crippen molar-refractivity contribution in [3.05, 3.63) is 0 Å². The molecule has 4 nitrogen and oxygen atoms in total. The zero-order valence-corrected chi connectivity index (χ0v) is 10.2. The van der Waals surface area contributed by atoms with Gasteiger partial charge in [-0.15, -0.1) is 0 Å². The van der Waals surface area contributed by atoms with Crippen LogP contribution >= 0.6 is 0 Å². The SMILES string of the molecule is CC(CC1CCCCCN1)NCCC(=O)O. The Morgan fingerprint density at radius 3 is 3.06 bits per heavy atom. The van der Waals surface area contributed by atoms with E-state index in [-0.39, 0.29) is 6.42 Å². The highest BCUT2D eigenvalue weighted by atomic mass is 16.4. The first kappa shape index (κ1) is 13.5. The molecule has 0 radical (unpaired) electrons. The van der Waals surface area contributed by atoms with Gasteiger partial charge in [-0.3, -0.25) is 4.79 Å². The molecule has 0 spiro atoms. The van der Waals surface area contributed by atoms with Gasteiger partial charge in [0.15, 0.2) is 0 Å². The summed E-state index contributed by atoms with van der Waals surface area (Å²) in [6.45, 7) is 3.84. The summed E-state index contributed by atoms with van der Waals surface area (Å²) in [5.41, 5.74) is 0. The third-order valence-electron chi connectivity index (χ3n) is 3.13. The molecule has 1 rings (SSSR count). The minimum absolute atomic E-state index is 0.211. The van der Waals surface area contributed by atoms with Crippen molar-refractivity contribution in [1.29, 1.82) is 0 Å². The highest BCUT2D eigenvalue weighted by Crippen LogP contribution is 2.12. The predicted octanol–water partition coefficient (Wildman–Crippen LogP) is 1.36. The maximum absolute atomic E-state index is 10.4. The van der Waals surface area contributed by atoms with Crippen LogP contribution in [0.4, 0.5) is 0 Å². The Morgan fingerprint density at radius 1 is 1.50 bits per heavy atom. The topological polar surface area (TPSA) is 61.4 Å². The van der Waals surface area contributed by atoms with Crippen LogP contribution in [0.1, 0.15) is 45.4 Å². The number of carboxylic acid groups (broad SMARTS) is 1. The van der Waals surface area contributed by atoms with E-state index in [0.717, 1.165) is 13.0 Å². The Kier molecular flexibility index (Phi) is 6.42. The van der Waals surface area contributed by atoms with Gasteiger partial charge in [0.1, 0.15) is 0 Å². The molecule has 3 N–H and O–H groups in total. The van der Waals surface area contributed by atoms with Crippen LogP contribution in [-0.4, -0.2) is 36.2 Å². The number of carbonyl (C=O) groups is 1. The number of carboxylic acids is 1. The standard InChI is InChI=1S/C12H24N2O2/c1-10(13-8-6-12(15)16)9-11-5-3-2-4-7-14-11/h10-11,13-14H,2-9H2,1H3,(H,15,16). The summed E-state index contributed by atoms with van der Waals surface area (Å²) in [5, 5.41) is 15.3. The quantitative estimate of drug-likeness (QED) is 0.642. The van der Waals surface area contributed by atoms with Crippen molar-refractivity contribution >= 4 is 5.97 Å². The zero-order chi connectivity index (χ0) is 11.8. The van der Waals surface area contributed by atoms with Gasteiger partial charge in [-0.05, 0) is 32.7 Å². The largest absolute Gasteiger partial charge is 0.481 e. The van der Waals surface area contributed by atoms with Gasteiger partial charge in [-0.1, -0.05) is 12.8 Å². The van der Waals surface area contributed by atoms with Crippen LogP contribution in [0.2, 0.25) is 0 Å². The van der Waals surface area contributed by atoms with Crippen LogP contribution in [0.25, 0.3) is 0 Å². The normalized spacial score (nSPS) is 23.7. The van der Waals surface area contributed by atoms with Gasteiger partial charge in [-0.2, -0.15) is 0 Å². The lowest BCUT2D eigenvalue weighted by Crippen LogP contribution is -2.37. The summed E-state index contributed by atoms with van der Waals surface area (Å²) in [6, 6.07) is 1.00. The summed E-state index contributed by atoms with van der Waals surface area (Å²) >= 11 is 0. The average Bonchev–Trinajstić information content (AvgIpc) is 2.45. The van der Waals surface area contributed by atoms with E-state index in [9.17, 15) is 4.79 Å². The second kappa shape index (κ2) is 7.63. The molecule has 1 fully saturated rings. The monoisotopic (exact) mass is 228 g/mol. The number of aliphatic carboxylic acids is 1. The molecule has 0 aromatic carbocycles. The molecule has 94 valence electrons. The Bertz CT molecular complexity index is 201. The molecule has 1 aliphatic heterocycles. The molecule has 0 aromatic rings. The van der Waals surface area contributed by atoms with E-state index < -0.39 is 5.97 Å². The van der Waals surface area contributed by atoms with Crippen LogP contribution in [-0.2, 0) is 4.79 Å². The van der Waals surface area contributed by atoms with Crippen molar-refractivity contribution in [2.45, 2.75) is 57.5 Å². The van der Waals surface area contributed by atoms with Crippen LogP contribution < -0.4 is 10.6 Å². The van der Waals surface area contributed by atoms with Gasteiger partial charge in [0.2, 0.25) is 0 Å². The van der Waals surface area contributed by atoms with Gasteiger partial charge in [0, 0.05) is 18.6 Å². The van der Waals surface area contributed by atoms with Gasteiger partial charge in [0.25, 0.3) is 0 Å². The Hall–Kier alpha value is -0.610. The first-order valence-electron chi connectivity index (χ1n) is 6.37. The lowest BCUT2D eigenvalue weighted by Gasteiger charge is -2.21. The molecule has 0 aliphatic carbocycles. The van der Waals surface area contributed by atoms with E-state index >= 15 is 0 Å². The molecule has 0 bridgehead atoms. The minimum atomic E-state index is -0.729. The molecular formula is C12H24N2O2. The van der Waals surface area contributed by atoms with Gasteiger partial charge in [-0.25, -0.2) is 0 Å². The third-order valence-corrected chi connectivity index (χ3v) is 3.13. The summed E-state index contributed by atoms with van der Waals surface area (Å²) in [7, 11) is 0. The van der Waals surface area contributed by atoms with E-state index in [1.165, 1.54) is 25.7 Å². The Balaban J connectivity index is 2.11. The van der Waals surface area contributed by atoms with E-state index in [1.54, 1.807) is 0 Å². The molecule has 0 amide bonds. The number of hydrogen-bond donors (Lipinski definition) is 3. The van der Waals surface area contributed by atoms with Gasteiger partial charge < -0.3 is 15.7 Å². The zero-order valence-electron chi connectivity index (χ0n) is 10.2. The molecule has 2 atom stereocenters. The van der Waals surface area contributed by atoms with Crippen molar-refractivity contribution in [2.75, 3.05) is 13.1 Å². The number of rotatable bonds is 6. The van der Waals surface area contributed by atoms with E-state index in [1.807, 2.05) is 0 Å². The fourth-order valence-corrected chi connectivity index (χ4v) is 2.24. The smallest absolute Gasteiger partial charge is 0.304 e. The molecular weight excluding hydrogens is 204 g/mol. The Morgan fingerprint density at radius 2 is 2.31 bits per heavy atom. The highest BCUT2D eigenvalue weighted by Gasteiger charge is 2.14. The second-order valence-corrected chi connectivity index (χ2v) is 4.73. The minimum Gasteiger partial charge on any atom is -0.481 e. The van der Waals surface area contributed by atoms with E-state index in [0.29, 0.717) is 18.6 Å². The van der Waals surface area contributed by atoms with Crippen molar-refractivity contribution in [3.8, 4) is 0 Å². The van der Waals surface area contributed by atoms with Crippen LogP contribution in [0.3, 0.4) is 0 Å². The summed E-state index contributed by atoms with van der Waals surface area (Å²) in [5.74, 6) is -0.729. The molecule has 2 unspecified atom stereocenters. The van der Waals surface area contributed by atoms with Crippen LogP contribution in [0.15, 0.2) is 0 Å². The van der Waals surface area contributed by atoms with Gasteiger partial charge >= 0.3 is 5.97 Å². The Labute approximate surface area is 97.8 Å². The van der Waals surface area contributed by atoms with Crippen molar-refractivity contribution < 1.29 is 9.90 Å². The lowest BCUT2D eigenvalue weighted by atomic mass is 10.0. The highest BCUT2D eigenvalue weighted by molar-refractivity contribution is 5.66. The molecule has 0 saturated carbocycles. The molecule has 1 aliphatic rings. The molecule has 0 aromatic heterocycles. The lowest BCUT2D eigenvalue weighted by molar-refractivity contribution is -0.136. The molecule has 1 heterocycles. The van der Waals surface area contributed by atoms with E-state index in [2.05, 4.69) is 17.6 Å². The summed E-state index contributed by atoms with van der Waals surface area (Å²) in [4.78, 5) is 10.4. The molecule has 16 heavy (non-hydrogen) atoms.